The molecule has 0 aliphatic heterocycles. The van der Waals surface area contributed by atoms with Crippen molar-refractivity contribution in [3.05, 3.63) is 131 Å². The van der Waals surface area contributed by atoms with Gasteiger partial charge in [0.1, 0.15) is 0 Å². The molecule has 0 nitrogen and oxygen atoms in total. The number of aryl methyl sites for hydroxylation is 4. The first-order valence-corrected chi connectivity index (χ1v) is 23.7. The Bertz CT molecular complexity index is 1360. The SMILES string of the molecule is CC.CC.CC.CC.CC.CC.CC.CC.CC.CC1CCC(C)C(C)C1.Cc1ccc(C)c(C)c1.Cc1ccc2ccccc2c1.c1ccc2ccccc2c1. The molecule has 0 N–H and O–H groups in total. The Morgan fingerprint density at radius 3 is 0.947 bits per heavy atom. The van der Waals surface area contributed by atoms with Crippen molar-refractivity contribution in [3.63, 3.8) is 0 Å². The lowest BCUT2D eigenvalue weighted by molar-refractivity contribution is 0.220. The number of rotatable bonds is 0. The molecular formula is C57H102. The molecule has 3 atom stereocenters. The summed E-state index contributed by atoms with van der Waals surface area (Å²) in [5.74, 6) is 2.96. The molecule has 3 unspecified atom stereocenters. The third-order valence-corrected chi connectivity index (χ3v) is 8.09. The fourth-order valence-corrected chi connectivity index (χ4v) is 5.15. The molecule has 0 heteroatoms. The van der Waals surface area contributed by atoms with E-state index in [1.165, 1.54) is 63.1 Å². The molecule has 0 amide bonds. The second kappa shape index (κ2) is 54.7. The Morgan fingerprint density at radius 2 is 0.632 bits per heavy atom. The van der Waals surface area contributed by atoms with Gasteiger partial charge in [-0.3, -0.25) is 0 Å². The highest BCUT2D eigenvalue weighted by Crippen LogP contribution is 2.32. The van der Waals surface area contributed by atoms with E-state index in [4.69, 9.17) is 0 Å². The molecule has 330 valence electrons. The molecule has 0 spiro atoms. The predicted molar refractivity (Wildman–Crippen MR) is 277 cm³/mol. The van der Waals surface area contributed by atoms with Crippen LogP contribution >= 0.6 is 0 Å². The third kappa shape index (κ3) is 36.7. The van der Waals surface area contributed by atoms with Gasteiger partial charge < -0.3 is 0 Å². The van der Waals surface area contributed by atoms with Gasteiger partial charge in [0.2, 0.25) is 0 Å². The number of hydrogen-bond donors (Lipinski definition) is 0. The fourth-order valence-electron chi connectivity index (χ4n) is 5.15. The highest BCUT2D eigenvalue weighted by molar-refractivity contribution is 5.83. The standard InChI is InChI=1S/C11H10.C10H8.C9H18.C9H12.9C2H6/c1-9-6-7-10-4-2-3-5-11(10)8-9;1-2-6-10-8-4-3-7-9(10)5-1;2*1-7-4-5-8(2)9(3)6-7;9*1-2/h2-8H,1H3;1-8H;7-9H,4-6H2,1-3H3;4-6H,1-3H3;9*1-2H3. The van der Waals surface area contributed by atoms with Crippen LogP contribution < -0.4 is 0 Å². The van der Waals surface area contributed by atoms with Crippen molar-refractivity contribution in [1.29, 1.82) is 0 Å². The minimum absolute atomic E-state index is 0.980. The summed E-state index contributed by atoms with van der Waals surface area (Å²) in [6.07, 6.45) is 4.38. The summed E-state index contributed by atoms with van der Waals surface area (Å²) < 4.78 is 0. The van der Waals surface area contributed by atoms with Crippen LogP contribution in [0.5, 0.6) is 0 Å². The maximum Gasteiger partial charge on any atom is -0.0181 e. The van der Waals surface area contributed by atoms with Crippen LogP contribution in [0.2, 0.25) is 0 Å². The Kier molecular flexibility index (Phi) is 65.6. The van der Waals surface area contributed by atoms with Crippen molar-refractivity contribution in [2.24, 2.45) is 17.8 Å². The molecule has 0 bridgehead atoms. The van der Waals surface area contributed by atoms with E-state index >= 15 is 0 Å². The lowest BCUT2D eigenvalue weighted by Gasteiger charge is -2.29. The van der Waals surface area contributed by atoms with Crippen molar-refractivity contribution in [1.82, 2.24) is 0 Å². The zero-order chi connectivity index (χ0) is 46.2. The molecule has 0 radical (unpaired) electrons. The van der Waals surface area contributed by atoms with E-state index < -0.39 is 0 Å². The van der Waals surface area contributed by atoms with Crippen molar-refractivity contribution >= 4 is 21.5 Å². The second-order valence-electron chi connectivity index (χ2n) is 11.7. The highest BCUT2D eigenvalue weighted by atomic mass is 14.3. The number of fused-ring (bicyclic) bond motifs is 2. The predicted octanol–water partition coefficient (Wildman–Crippen LogP) is 20.9. The first kappa shape index (κ1) is 68.3. The molecule has 6 rings (SSSR count). The zero-order valence-corrected chi connectivity index (χ0v) is 43.2. The average Bonchev–Trinajstić information content (AvgIpc) is 3.30. The smallest absolute Gasteiger partial charge is 0.0181 e. The maximum absolute atomic E-state index is 2.39. The Hall–Kier alpha value is -3.38. The summed E-state index contributed by atoms with van der Waals surface area (Å²) in [7, 11) is 0. The molecule has 1 aliphatic rings. The van der Waals surface area contributed by atoms with E-state index in [1.807, 2.05) is 125 Å². The molecule has 5 aromatic rings. The van der Waals surface area contributed by atoms with Gasteiger partial charge >= 0.3 is 0 Å². The molecular weight excluding hydrogens is 685 g/mol. The quantitative estimate of drug-likeness (QED) is 0.147. The van der Waals surface area contributed by atoms with Crippen LogP contribution in [0.15, 0.2) is 109 Å². The largest absolute Gasteiger partial charge is 0.0683 e. The van der Waals surface area contributed by atoms with Gasteiger partial charge in [0.25, 0.3) is 0 Å². The summed E-state index contributed by atoms with van der Waals surface area (Å²) in [4.78, 5) is 0. The van der Waals surface area contributed by atoms with Gasteiger partial charge in [-0.2, -0.15) is 0 Å². The molecule has 0 saturated heterocycles. The van der Waals surface area contributed by atoms with Crippen molar-refractivity contribution in [2.75, 3.05) is 0 Å². The number of benzene rings is 5. The van der Waals surface area contributed by atoms with Crippen LogP contribution in [0.3, 0.4) is 0 Å². The lowest BCUT2D eigenvalue weighted by atomic mass is 9.77. The van der Waals surface area contributed by atoms with Crippen LogP contribution in [-0.2, 0) is 0 Å². The summed E-state index contributed by atoms with van der Waals surface area (Å²) in [6, 6.07) is 38.1. The van der Waals surface area contributed by atoms with Gasteiger partial charge in [-0.25, -0.2) is 0 Å². The summed E-state index contributed by atoms with van der Waals surface area (Å²) >= 11 is 0. The van der Waals surface area contributed by atoms with Crippen LogP contribution in [0.1, 0.15) is 187 Å². The Labute approximate surface area is 361 Å². The van der Waals surface area contributed by atoms with Crippen molar-refractivity contribution in [3.8, 4) is 0 Å². The van der Waals surface area contributed by atoms with E-state index in [9.17, 15) is 0 Å². The molecule has 1 aliphatic carbocycles. The molecule has 0 aromatic heterocycles. The summed E-state index contributed by atoms with van der Waals surface area (Å²) in [6.45, 7) is 51.7. The molecule has 5 aromatic carbocycles. The molecule has 57 heavy (non-hydrogen) atoms. The van der Waals surface area contributed by atoms with Gasteiger partial charge in [0.05, 0.1) is 0 Å². The summed E-state index contributed by atoms with van der Waals surface area (Å²) in [5, 5.41) is 5.26. The normalized spacial score (nSPS) is 13.3. The fraction of sp³-hybridized carbons (Fsp3) is 0.544. The first-order valence-electron chi connectivity index (χ1n) is 23.7. The average molecular weight is 787 g/mol. The highest BCUT2D eigenvalue weighted by Gasteiger charge is 2.20. The van der Waals surface area contributed by atoms with Gasteiger partial charge in [-0.05, 0) is 84.5 Å². The Morgan fingerprint density at radius 1 is 0.316 bits per heavy atom. The second-order valence-corrected chi connectivity index (χ2v) is 11.7. The van der Waals surface area contributed by atoms with Crippen LogP contribution in [0.25, 0.3) is 21.5 Å². The number of hydrogen-bond acceptors (Lipinski definition) is 0. The van der Waals surface area contributed by atoms with Crippen LogP contribution in [-0.4, -0.2) is 0 Å². The summed E-state index contributed by atoms with van der Waals surface area (Å²) in [5.41, 5.74) is 5.43. The van der Waals surface area contributed by atoms with Crippen LogP contribution in [0, 0.1) is 45.4 Å². The maximum atomic E-state index is 2.39. The van der Waals surface area contributed by atoms with Crippen molar-refractivity contribution in [2.45, 2.75) is 192 Å². The monoisotopic (exact) mass is 787 g/mol. The van der Waals surface area contributed by atoms with Gasteiger partial charge in [-0.15, -0.1) is 0 Å². The first-order chi connectivity index (χ1) is 27.7. The van der Waals surface area contributed by atoms with E-state index in [-0.39, 0.29) is 0 Å². The van der Waals surface area contributed by atoms with E-state index in [0.717, 1.165) is 17.8 Å². The van der Waals surface area contributed by atoms with Gasteiger partial charge in [0.15, 0.2) is 0 Å². The van der Waals surface area contributed by atoms with Gasteiger partial charge in [0, 0.05) is 0 Å². The lowest BCUT2D eigenvalue weighted by Crippen LogP contribution is -2.18. The van der Waals surface area contributed by atoms with Crippen LogP contribution in [0.4, 0.5) is 0 Å². The van der Waals surface area contributed by atoms with Gasteiger partial charge in [-0.1, -0.05) is 279 Å². The minimum Gasteiger partial charge on any atom is -0.0683 e. The van der Waals surface area contributed by atoms with E-state index in [0.29, 0.717) is 0 Å². The molecule has 0 heterocycles. The topological polar surface area (TPSA) is 0 Å². The van der Waals surface area contributed by atoms with E-state index in [1.54, 1.807) is 0 Å². The molecule has 1 fully saturated rings. The Balaban J connectivity index is -0.000000103. The zero-order valence-electron chi connectivity index (χ0n) is 43.2. The third-order valence-electron chi connectivity index (χ3n) is 8.09. The van der Waals surface area contributed by atoms with Crippen molar-refractivity contribution < 1.29 is 0 Å². The minimum atomic E-state index is 0.980. The van der Waals surface area contributed by atoms with E-state index in [2.05, 4.69) is 158 Å². The molecule has 1 saturated carbocycles.